The summed E-state index contributed by atoms with van der Waals surface area (Å²) in [6.07, 6.45) is 0.112. The number of benzene rings is 2. The van der Waals surface area contributed by atoms with Crippen LogP contribution in [0.1, 0.15) is 6.42 Å². The van der Waals surface area contributed by atoms with Gasteiger partial charge in [-0.1, -0.05) is 18.2 Å². The van der Waals surface area contributed by atoms with Crippen LogP contribution in [0.15, 0.2) is 54.6 Å². The molecule has 3 rings (SSSR count). The summed E-state index contributed by atoms with van der Waals surface area (Å²) >= 11 is 0. The van der Waals surface area contributed by atoms with Crippen molar-refractivity contribution >= 4 is 29.1 Å². The molecule has 1 saturated heterocycles. The molecule has 3 amide bonds. The summed E-state index contributed by atoms with van der Waals surface area (Å²) in [4.78, 5) is 37.9. The van der Waals surface area contributed by atoms with E-state index < -0.39 is 11.8 Å². The number of nitrogens with zero attached hydrogens (tertiary/aromatic N) is 1. The molecule has 1 aliphatic rings. The summed E-state index contributed by atoms with van der Waals surface area (Å²) in [5.74, 6) is -0.683. The Kier molecular flexibility index (Phi) is 6.11. The molecular formula is C20H22N4O4. The van der Waals surface area contributed by atoms with Crippen LogP contribution >= 0.6 is 0 Å². The minimum atomic E-state index is -0.512. The van der Waals surface area contributed by atoms with Gasteiger partial charge >= 0.3 is 0 Å². The molecule has 1 heterocycles. The molecule has 1 atom stereocenters. The second-order valence-electron chi connectivity index (χ2n) is 6.36. The van der Waals surface area contributed by atoms with Crippen LogP contribution < -0.4 is 25.8 Å². The molecule has 1 fully saturated rings. The van der Waals surface area contributed by atoms with Crippen LogP contribution in [0.3, 0.4) is 0 Å². The molecule has 2 aromatic carbocycles. The van der Waals surface area contributed by atoms with Crippen LogP contribution in [0, 0.1) is 5.92 Å². The van der Waals surface area contributed by atoms with Crippen molar-refractivity contribution in [3.05, 3.63) is 54.6 Å². The van der Waals surface area contributed by atoms with Crippen molar-refractivity contribution < 1.29 is 19.1 Å². The Balaban J connectivity index is 1.43. The van der Waals surface area contributed by atoms with Gasteiger partial charge in [-0.05, 0) is 36.4 Å². The highest BCUT2D eigenvalue weighted by molar-refractivity contribution is 6.00. The smallest absolute Gasteiger partial charge is 0.257 e. The first kappa shape index (κ1) is 19.2. The maximum absolute atomic E-state index is 12.3. The van der Waals surface area contributed by atoms with Gasteiger partial charge < -0.3 is 15.0 Å². The molecule has 1 aliphatic heterocycles. The van der Waals surface area contributed by atoms with Crippen molar-refractivity contribution in [3.63, 3.8) is 0 Å². The van der Waals surface area contributed by atoms with E-state index in [4.69, 9.17) is 4.74 Å². The van der Waals surface area contributed by atoms with Crippen LogP contribution in [0.25, 0.3) is 0 Å². The van der Waals surface area contributed by atoms with Crippen LogP contribution in [0.2, 0.25) is 0 Å². The number of anilines is 2. The largest absolute Gasteiger partial charge is 0.497 e. The topological polar surface area (TPSA) is 99.8 Å². The molecule has 3 N–H and O–H groups in total. The fraction of sp³-hybridized carbons (Fsp3) is 0.250. The van der Waals surface area contributed by atoms with Crippen LogP contribution in [0.4, 0.5) is 11.4 Å². The summed E-state index contributed by atoms with van der Waals surface area (Å²) in [6, 6.07) is 16.3. The molecular weight excluding hydrogens is 360 g/mol. The monoisotopic (exact) mass is 382 g/mol. The molecule has 8 nitrogen and oxygen atoms in total. The third-order valence-corrected chi connectivity index (χ3v) is 4.43. The zero-order valence-corrected chi connectivity index (χ0v) is 15.5. The number of rotatable bonds is 6. The first-order valence-electron chi connectivity index (χ1n) is 8.89. The van der Waals surface area contributed by atoms with Crippen molar-refractivity contribution in [2.45, 2.75) is 6.42 Å². The second-order valence-corrected chi connectivity index (χ2v) is 6.36. The normalized spacial score (nSPS) is 15.8. The lowest BCUT2D eigenvalue weighted by molar-refractivity contribution is -0.130. The predicted octanol–water partition coefficient (Wildman–Crippen LogP) is 1.31. The standard InChI is InChI=1S/C20H22N4O4/c1-28-17-9-7-15(8-10-17)21-12-18(25)22-23-20(27)14-11-19(26)24(13-14)16-5-3-2-4-6-16/h2-10,14,21H,11-13H2,1H3,(H,22,25)(H,23,27). The quantitative estimate of drug-likeness (QED) is 0.654. The van der Waals surface area contributed by atoms with Gasteiger partial charge in [-0.25, -0.2) is 0 Å². The lowest BCUT2D eigenvalue weighted by atomic mass is 10.1. The Bertz CT molecular complexity index is 839. The fourth-order valence-electron chi connectivity index (χ4n) is 2.91. The van der Waals surface area contributed by atoms with E-state index >= 15 is 0 Å². The summed E-state index contributed by atoms with van der Waals surface area (Å²) in [5.41, 5.74) is 6.27. The second kappa shape index (κ2) is 8.90. The Morgan fingerprint density at radius 1 is 1.07 bits per heavy atom. The zero-order valence-electron chi connectivity index (χ0n) is 15.5. The van der Waals surface area contributed by atoms with E-state index in [-0.39, 0.29) is 31.3 Å². The highest BCUT2D eigenvalue weighted by Gasteiger charge is 2.35. The molecule has 2 aromatic rings. The van der Waals surface area contributed by atoms with Gasteiger partial charge in [-0.2, -0.15) is 0 Å². The third kappa shape index (κ3) is 4.79. The zero-order chi connectivity index (χ0) is 19.9. The Hall–Kier alpha value is -3.55. The van der Waals surface area contributed by atoms with Crippen molar-refractivity contribution in [2.75, 3.05) is 30.4 Å². The number of amides is 3. The number of nitrogens with one attached hydrogen (secondary N) is 3. The van der Waals surface area contributed by atoms with E-state index in [1.807, 2.05) is 30.3 Å². The molecule has 1 unspecified atom stereocenters. The van der Waals surface area contributed by atoms with E-state index in [9.17, 15) is 14.4 Å². The first-order chi connectivity index (χ1) is 13.6. The number of hydrogen-bond acceptors (Lipinski definition) is 5. The van der Waals surface area contributed by atoms with Crippen molar-refractivity contribution in [1.29, 1.82) is 0 Å². The number of hydrazine groups is 1. The average Bonchev–Trinajstić information content (AvgIpc) is 3.13. The summed E-state index contributed by atoms with van der Waals surface area (Å²) in [7, 11) is 1.58. The van der Waals surface area contributed by atoms with Crippen molar-refractivity contribution in [3.8, 4) is 5.75 Å². The molecule has 0 bridgehead atoms. The summed E-state index contributed by atoms with van der Waals surface area (Å²) in [5, 5.41) is 2.94. The van der Waals surface area contributed by atoms with E-state index in [0.717, 1.165) is 17.1 Å². The van der Waals surface area contributed by atoms with E-state index in [1.54, 1.807) is 36.3 Å². The number of para-hydroxylation sites is 1. The highest BCUT2D eigenvalue weighted by atomic mass is 16.5. The number of ether oxygens (including phenoxy) is 1. The number of methoxy groups -OCH3 is 1. The van der Waals surface area contributed by atoms with E-state index in [0.29, 0.717) is 0 Å². The highest BCUT2D eigenvalue weighted by Crippen LogP contribution is 2.24. The lowest BCUT2D eigenvalue weighted by Gasteiger charge is -2.16. The van der Waals surface area contributed by atoms with Gasteiger partial charge in [0.1, 0.15) is 5.75 Å². The van der Waals surface area contributed by atoms with Gasteiger partial charge in [0, 0.05) is 24.3 Å². The predicted molar refractivity (Wildman–Crippen MR) is 105 cm³/mol. The number of carbonyl (C=O) groups excluding carboxylic acids is 3. The van der Waals surface area contributed by atoms with E-state index in [2.05, 4.69) is 16.2 Å². The molecule has 0 aliphatic carbocycles. The molecule has 0 spiro atoms. The van der Waals surface area contributed by atoms with Gasteiger partial charge in [0.15, 0.2) is 0 Å². The maximum atomic E-state index is 12.3. The van der Waals surface area contributed by atoms with Gasteiger partial charge in [0.2, 0.25) is 11.8 Å². The molecule has 0 aromatic heterocycles. The van der Waals surface area contributed by atoms with E-state index in [1.165, 1.54) is 0 Å². The molecule has 0 radical (unpaired) electrons. The minimum Gasteiger partial charge on any atom is -0.497 e. The Morgan fingerprint density at radius 3 is 2.46 bits per heavy atom. The van der Waals surface area contributed by atoms with Crippen molar-refractivity contribution in [1.82, 2.24) is 10.9 Å². The van der Waals surface area contributed by atoms with Gasteiger partial charge in [-0.3, -0.25) is 25.2 Å². The average molecular weight is 382 g/mol. The SMILES string of the molecule is COc1ccc(NCC(=O)NNC(=O)C2CC(=O)N(c3ccccc3)C2)cc1. The first-order valence-corrected chi connectivity index (χ1v) is 8.89. The number of carbonyl (C=O) groups is 3. The van der Waals surface area contributed by atoms with Crippen LogP contribution in [-0.4, -0.2) is 37.9 Å². The molecule has 146 valence electrons. The Morgan fingerprint density at radius 2 is 1.79 bits per heavy atom. The molecule has 0 saturated carbocycles. The summed E-state index contributed by atoms with van der Waals surface area (Å²) in [6.45, 7) is 0.279. The fourth-order valence-corrected chi connectivity index (χ4v) is 2.91. The van der Waals surface area contributed by atoms with Gasteiger partial charge in [0.25, 0.3) is 5.91 Å². The third-order valence-electron chi connectivity index (χ3n) is 4.43. The van der Waals surface area contributed by atoms with Crippen molar-refractivity contribution in [2.24, 2.45) is 5.92 Å². The maximum Gasteiger partial charge on any atom is 0.257 e. The van der Waals surface area contributed by atoms with Gasteiger partial charge in [0.05, 0.1) is 19.6 Å². The lowest BCUT2D eigenvalue weighted by Crippen LogP contribution is -2.47. The van der Waals surface area contributed by atoms with Gasteiger partial charge in [-0.15, -0.1) is 0 Å². The van der Waals surface area contributed by atoms with Crippen LogP contribution in [0.5, 0.6) is 5.75 Å². The Labute approximate surface area is 162 Å². The number of hydrogen-bond donors (Lipinski definition) is 3. The van der Waals surface area contributed by atoms with Crippen LogP contribution in [-0.2, 0) is 14.4 Å². The molecule has 28 heavy (non-hydrogen) atoms. The summed E-state index contributed by atoms with van der Waals surface area (Å²) < 4.78 is 5.07. The molecule has 8 heteroatoms. The minimum absolute atomic E-state index is 0.00759.